The largest absolute Gasteiger partial charge is 0.460 e. The highest BCUT2D eigenvalue weighted by Gasteiger charge is 2.31. The van der Waals surface area contributed by atoms with Crippen molar-refractivity contribution in [2.24, 2.45) is 0 Å². The number of alkyl halides is 3. The van der Waals surface area contributed by atoms with Crippen LogP contribution in [0.2, 0.25) is 0 Å². The second-order valence-electron chi connectivity index (χ2n) is 6.39. The van der Waals surface area contributed by atoms with Gasteiger partial charge in [-0.05, 0) is 67.6 Å². The molecule has 0 aromatic rings. The molecule has 0 saturated heterocycles. The van der Waals surface area contributed by atoms with Crippen LogP contribution in [0, 0.1) is 0 Å². The molecule has 0 aromatic heterocycles. The minimum absolute atomic E-state index is 0.0300. The molecule has 0 aliphatic carbocycles. The van der Waals surface area contributed by atoms with E-state index in [1.165, 1.54) is 70.6 Å². The van der Waals surface area contributed by atoms with Crippen LogP contribution in [0.5, 0.6) is 0 Å². The maximum Gasteiger partial charge on any atom is 0.345 e. The van der Waals surface area contributed by atoms with Crippen molar-refractivity contribution in [2.75, 3.05) is 0 Å². The van der Waals surface area contributed by atoms with Crippen molar-refractivity contribution in [1.29, 1.82) is 0 Å². The molecular weight excluding hydrogens is 488 g/mol. The summed E-state index contributed by atoms with van der Waals surface area (Å²) < 4.78 is 4.39. The zero-order chi connectivity index (χ0) is 17.6. The van der Waals surface area contributed by atoms with Crippen LogP contribution in [0.15, 0.2) is 0 Å². The summed E-state index contributed by atoms with van der Waals surface area (Å²) in [7, 11) is 0. The molecule has 0 saturated carbocycles. The van der Waals surface area contributed by atoms with E-state index in [2.05, 4.69) is 54.7 Å². The first kappa shape index (κ1) is 23.9. The molecule has 0 bridgehead atoms. The lowest BCUT2D eigenvalue weighted by Crippen LogP contribution is -2.25. The van der Waals surface area contributed by atoms with Crippen LogP contribution in [0.4, 0.5) is 0 Å². The minimum atomic E-state index is -0.947. The van der Waals surface area contributed by atoms with Crippen LogP contribution >= 0.6 is 47.8 Å². The molecule has 23 heavy (non-hydrogen) atoms. The van der Waals surface area contributed by atoms with Gasteiger partial charge in [0.1, 0.15) is 0 Å². The molecule has 0 spiro atoms. The smallest absolute Gasteiger partial charge is 0.345 e. The van der Waals surface area contributed by atoms with E-state index in [0.717, 1.165) is 12.8 Å². The van der Waals surface area contributed by atoms with Gasteiger partial charge in [0.05, 0.1) is 6.10 Å². The van der Waals surface area contributed by atoms with Gasteiger partial charge in [-0.1, -0.05) is 77.6 Å². The Labute approximate surface area is 168 Å². The van der Waals surface area contributed by atoms with Gasteiger partial charge in [-0.2, -0.15) is 0 Å². The molecular formula is C18H33Br3O2. The van der Waals surface area contributed by atoms with Crippen molar-refractivity contribution >= 4 is 53.8 Å². The van der Waals surface area contributed by atoms with Crippen molar-refractivity contribution in [1.82, 2.24) is 0 Å². The van der Waals surface area contributed by atoms with Crippen LogP contribution in [0.1, 0.15) is 97.3 Å². The molecule has 0 N–H and O–H groups in total. The molecule has 0 fully saturated rings. The summed E-state index contributed by atoms with van der Waals surface area (Å²) in [5.74, 6) is -0.330. The van der Waals surface area contributed by atoms with Crippen LogP contribution < -0.4 is 0 Å². The number of unbranched alkanes of at least 4 members (excludes halogenated alkanes) is 11. The molecule has 0 radical (unpaired) electrons. The average Bonchev–Trinajstić information content (AvgIpc) is 2.47. The highest BCUT2D eigenvalue weighted by Crippen LogP contribution is 2.35. The molecule has 0 rings (SSSR count). The van der Waals surface area contributed by atoms with Crippen molar-refractivity contribution in [3.63, 3.8) is 0 Å². The summed E-state index contributed by atoms with van der Waals surface area (Å²) in [5.41, 5.74) is 0. The molecule has 138 valence electrons. The van der Waals surface area contributed by atoms with E-state index >= 15 is 0 Å². The number of carbonyl (C=O) groups is 1. The fraction of sp³-hybridized carbons (Fsp3) is 0.944. The predicted molar refractivity (Wildman–Crippen MR) is 111 cm³/mol. The van der Waals surface area contributed by atoms with Crippen molar-refractivity contribution in [3.8, 4) is 0 Å². The van der Waals surface area contributed by atoms with Crippen molar-refractivity contribution < 1.29 is 9.53 Å². The first-order chi connectivity index (χ1) is 10.9. The Morgan fingerprint density at radius 3 is 1.61 bits per heavy atom. The third kappa shape index (κ3) is 16.1. The fourth-order valence-corrected chi connectivity index (χ4v) is 2.86. The molecule has 0 heterocycles. The first-order valence-electron chi connectivity index (χ1n) is 9.15. The maximum absolute atomic E-state index is 11.6. The standard InChI is InChI=1S/C18H33Br3O2/c1-3-4-5-6-7-8-9-10-11-12-13-14-15-16(2)23-17(22)18(19,20)21/h16H,3-15H2,1-2H3. The predicted octanol–water partition coefficient (Wildman–Crippen LogP) is 7.85. The van der Waals surface area contributed by atoms with Gasteiger partial charge in [-0.25, -0.2) is 4.79 Å². The van der Waals surface area contributed by atoms with Crippen molar-refractivity contribution in [3.05, 3.63) is 0 Å². The zero-order valence-electron chi connectivity index (χ0n) is 14.7. The average molecular weight is 521 g/mol. The monoisotopic (exact) mass is 518 g/mol. The SMILES string of the molecule is CCCCCCCCCCCCCCC(C)OC(=O)C(Br)(Br)Br. The van der Waals surface area contributed by atoms with E-state index in [0.29, 0.717) is 0 Å². The Hall–Kier alpha value is 0.910. The fourth-order valence-electron chi connectivity index (χ4n) is 2.58. The summed E-state index contributed by atoms with van der Waals surface area (Å²) in [6.45, 7) is 4.22. The van der Waals surface area contributed by atoms with E-state index in [1.807, 2.05) is 6.92 Å². The Morgan fingerprint density at radius 2 is 1.22 bits per heavy atom. The molecule has 0 aromatic carbocycles. The van der Waals surface area contributed by atoms with Crippen LogP contribution in [-0.2, 0) is 9.53 Å². The molecule has 1 atom stereocenters. The summed E-state index contributed by atoms with van der Waals surface area (Å²) >= 11 is 9.51. The normalized spacial score (nSPS) is 13.1. The van der Waals surface area contributed by atoms with Gasteiger partial charge in [0.15, 0.2) is 0 Å². The Kier molecular flexibility index (Phi) is 15.8. The third-order valence-corrected chi connectivity index (χ3v) is 4.98. The second-order valence-corrected chi connectivity index (χ2v) is 13.2. The number of hydrogen-bond acceptors (Lipinski definition) is 2. The van der Waals surface area contributed by atoms with E-state index < -0.39 is 2.14 Å². The number of ether oxygens (including phenoxy) is 1. The van der Waals surface area contributed by atoms with E-state index in [1.54, 1.807) is 0 Å². The molecule has 2 nitrogen and oxygen atoms in total. The van der Waals surface area contributed by atoms with Gasteiger partial charge >= 0.3 is 5.97 Å². The van der Waals surface area contributed by atoms with Gasteiger partial charge in [-0.15, -0.1) is 0 Å². The van der Waals surface area contributed by atoms with Crippen LogP contribution in [0.3, 0.4) is 0 Å². The third-order valence-electron chi connectivity index (χ3n) is 4.00. The quantitative estimate of drug-likeness (QED) is 0.132. The van der Waals surface area contributed by atoms with E-state index in [-0.39, 0.29) is 12.1 Å². The lowest BCUT2D eigenvalue weighted by atomic mass is 10.0. The van der Waals surface area contributed by atoms with Crippen LogP contribution in [-0.4, -0.2) is 14.2 Å². The van der Waals surface area contributed by atoms with E-state index in [4.69, 9.17) is 4.74 Å². The lowest BCUT2D eigenvalue weighted by Gasteiger charge is -2.17. The molecule has 0 aliphatic rings. The maximum atomic E-state index is 11.6. The second kappa shape index (κ2) is 15.2. The van der Waals surface area contributed by atoms with Gasteiger partial charge in [-0.3, -0.25) is 0 Å². The molecule has 5 heteroatoms. The minimum Gasteiger partial charge on any atom is -0.460 e. The number of carbonyl (C=O) groups excluding carboxylic acids is 1. The van der Waals surface area contributed by atoms with Gasteiger partial charge in [0, 0.05) is 0 Å². The number of esters is 1. The Morgan fingerprint density at radius 1 is 0.826 bits per heavy atom. The zero-order valence-corrected chi connectivity index (χ0v) is 19.5. The highest BCUT2D eigenvalue weighted by molar-refractivity contribution is 9.40. The van der Waals surface area contributed by atoms with Crippen molar-refractivity contribution in [2.45, 2.75) is 106 Å². The van der Waals surface area contributed by atoms with Gasteiger partial charge < -0.3 is 4.74 Å². The summed E-state index contributed by atoms with van der Waals surface area (Å²) in [6, 6.07) is 0. The van der Waals surface area contributed by atoms with Crippen LogP contribution in [0.25, 0.3) is 0 Å². The molecule has 0 aliphatic heterocycles. The summed E-state index contributed by atoms with van der Waals surface area (Å²) in [6.07, 6.45) is 17.1. The Bertz CT molecular complexity index is 290. The lowest BCUT2D eigenvalue weighted by molar-refractivity contribution is -0.146. The number of hydrogen-bond donors (Lipinski definition) is 0. The summed E-state index contributed by atoms with van der Waals surface area (Å²) in [5, 5.41) is 0. The van der Waals surface area contributed by atoms with Gasteiger partial charge in [0.2, 0.25) is 2.14 Å². The highest BCUT2D eigenvalue weighted by atomic mass is 80.0. The van der Waals surface area contributed by atoms with Gasteiger partial charge in [0.25, 0.3) is 0 Å². The molecule has 1 unspecified atom stereocenters. The number of halogens is 3. The summed E-state index contributed by atoms with van der Waals surface area (Å²) in [4.78, 5) is 11.6. The Balaban J connectivity index is 3.31. The molecule has 0 amide bonds. The van der Waals surface area contributed by atoms with E-state index in [9.17, 15) is 4.79 Å². The first-order valence-corrected chi connectivity index (χ1v) is 11.5. The number of rotatable bonds is 14. The topological polar surface area (TPSA) is 26.3 Å².